The van der Waals surface area contributed by atoms with Crippen molar-refractivity contribution in [1.29, 1.82) is 0 Å². The van der Waals surface area contributed by atoms with Crippen molar-refractivity contribution in [3.05, 3.63) is 29.8 Å². The fourth-order valence-corrected chi connectivity index (χ4v) is 2.13. The average molecular weight is 234 g/mol. The van der Waals surface area contributed by atoms with Gasteiger partial charge in [0.15, 0.2) is 0 Å². The molecular formula is C13H18N2O2. The van der Waals surface area contributed by atoms with Gasteiger partial charge in [-0.3, -0.25) is 4.79 Å². The monoisotopic (exact) mass is 234 g/mol. The number of amides is 1. The van der Waals surface area contributed by atoms with Gasteiger partial charge in [-0.05, 0) is 36.5 Å². The summed E-state index contributed by atoms with van der Waals surface area (Å²) in [5, 5.41) is 12.2. The molecule has 1 fully saturated rings. The van der Waals surface area contributed by atoms with E-state index in [1.54, 1.807) is 18.2 Å². The van der Waals surface area contributed by atoms with Gasteiger partial charge in [0.05, 0.1) is 6.42 Å². The SMILES string of the molecule is NC1CC(CNC(=O)Cc2cccc(O)c2)C1. The first-order valence-electron chi connectivity index (χ1n) is 5.93. The van der Waals surface area contributed by atoms with Gasteiger partial charge < -0.3 is 16.2 Å². The highest BCUT2D eigenvalue weighted by molar-refractivity contribution is 5.78. The average Bonchev–Trinajstić information content (AvgIpc) is 2.23. The van der Waals surface area contributed by atoms with Crippen LogP contribution in [0.3, 0.4) is 0 Å². The Labute approximate surface area is 101 Å². The fraction of sp³-hybridized carbons (Fsp3) is 0.462. The summed E-state index contributed by atoms with van der Waals surface area (Å²) in [4.78, 5) is 11.6. The van der Waals surface area contributed by atoms with Crippen LogP contribution in [-0.4, -0.2) is 23.6 Å². The Balaban J connectivity index is 1.73. The molecule has 4 heteroatoms. The lowest BCUT2D eigenvalue weighted by Gasteiger charge is -2.32. The van der Waals surface area contributed by atoms with E-state index in [0.717, 1.165) is 18.4 Å². The second-order valence-electron chi connectivity index (χ2n) is 4.75. The van der Waals surface area contributed by atoms with Gasteiger partial charge in [0.25, 0.3) is 0 Å². The molecule has 0 unspecified atom stereocenters. The number of hydrogen-bond donors (Lipinski definition) is 3. The van der Waals surface area contributed by atoms with E-state index in [1.807, 2.05) is 6.07 Å². The number of carbonyl (C=O) groups excluding carboxylic acids is 1. The zero-order valence-corrected chi connectivity index (χ0v) is 9.73. The number of aromatic hydroxyl groups is 1. The quantitative estimate of drug-likeness (QED) is 0.721. The molecule has 1 aromatic rings. The van der Waals surface area contributed by atoms with Crippen molar-refractivity contribution in [3.8, 4) is 5.75 Å². The summed E-state index contributed by atoms with van der Waals surface area (Å²) >= 11 is 0. The van der Waals surface area contributed by atoms with Crippen LogP contribution in [0.5, 0.6) is 5.75 Å². The lowest BCUT2D eigenvalue weighted by Crippen LogP contribution is -2.42. The molecule has 17 heavy (non-hydrogen) atoms. The van der Waals surface area contributed by atoms with Crippen molar-refractivity contribution in [2.75, 3.05) is 6.54 Å². The predicted octanol–water partition coefficient (Wildman–Crippen LogP) is 0.788. The molecule has 2 rings (SSSR count). The highest BCUT2D eigenvalue weighted by Crippen LogP contribution is 2.24. The second kappa shape index (κ2) is 5.19. The van der Waals surface area contributed by atoms with E-state index in [2.05, 4.69) is 5.32 Å². The fourth-order valence-electron chi connectivity index (χ4n) is 2.13. The minimum atomic E-state index is -0.00364. The molecule has 0 radical (unpaired) electrons. The van der Waals surface area contributed by atoms with Crippen molar-refractivity contribution < 1.29 is 9.90 Å². The molecule has 0 saturated heterocycles. The number of rotatable bonds is 4. The molecule has 0 atom stereocenters. The highest BCUT2D eigenvalue weighted by atomic mass is 16.3. The Morgan fingerprint density at radius 1 is 1.47 bits per heavy atom. The molecule has 0 heterocycles. The molecule has 4 N–H and O–H groups in total. The van der Waals surface area contributed by atoms with E-state index < -0.39 is 0 Å². The van der Waals surface area contributed by atoms with Gasteiger partial charge >= 0.3 is 0 Å². The number of nitrogens with one attached hydrogen (secondary N) is 1. The lowest BCUT2D eigenvalue weighted by atomic mass is 9.81. The third kappa shape index (κ3) is 3.46. The third-order valence-electron chi connectivity index (χ3n) is 3.14. The number of carbonyl (C=O) groups is 1. The summed E-state index contributed by atoms with van der Waals surface area (Å²) in [6, 6.07) is 7.10. The summed E-state index contributed by atoms with van der Waals surface area (Å²) in [6.45, 7) is 0.714. The Kier molecular flexibility index (Phi) is 3.64. The maximum atomic E-state index is 11.6. The number of phenolic OH excluding ortho intramolecular Hbond substituents is 1. The summed E-state index contributed by atoms with van der Waals surface area (Å²) in [5.41, 5.74) is 6.50. The van der Waals surface area contributed by atoms with Gasteiger partial charge in [0.1, 0.15) is 5.75 Å². The van der Waals surface area contributed by atoms with Crippen LogP contribution in [0, 0.1) is 5.92 Å². The number of hydrogen-bond acceptors (Lipinski definition) is 3. The van der Waals surface area contributed by atoms with Crippen molar-refractivity contribution in [2.45, 2.75) is 25.3 Å². The van der Waals surface area contributed by atoms with Crippen LogP contribution in [0.25, 0.3) is 0 Å². The molecule has 1 aliphatic carbocycles. The van der Waals surface area contributed by atoms with Gasteiger partial charge in [-0.15, -0.1) is 0 Å². The topological polar surface area (TPSA) is 75.3 Å². The van der Waals surface area contributed by atoms with Gasteiger partial charge in [-0.2, -0.15) is 0 Å². The Morgan fingerprint density at radius 2 is 2.24 bits per heavy atom. The van der Waals surface area contributed by atoms with Crippen molar-refractivity contribution in [1.82, 2.24) is 5.32 Å². The number of nitrogens with two attached hydrogens (primary N) is 1. The normalized spacial score (nSPS) is 22.9. The van der Waals surface area contributed by atoms with Crippen LogP contribution < -0.4 is 11.1 Å². The third-order valence-corrected chi connectivity index (χ3v) is 3.14. The molecule has 1 amide bonds. The maximum absolute atomic E-state index is 11.6. The second-order valence-corrected chi connectivity index (χ2v) is 4.75. The number of phenols is 1. The summed E-state index contributed by atoms with van der Waals surface area (Å²) in [5.74, 6) is 0.731. The Morgan fingerprint density at radius 3 is 2.88 bits per heavy atom. The van der Waals surface area contributed by atoms with E-state index in [0.29, 0.717) is 24.9 Å². The minimum Gasteiger partial charge on any atom is -0.508 e. The van der Waals surface area contributed by atoms with Gasteiger partial charge in [-0.25, -0.2) is 0 Å². The van der Waals surface area contributed by atoms with Crippen molar-refractivity contribution in [3.63, 3.8) is 0 Å². The van der Waals surface area contributed by atoms with Crippen LogP contribution >= 0.6 is 0 Å². The Hall–Kier alpha value is -1.55. The van der Waals surface area contributed by atoms with Crippen LogP contribution in [-0.2, 0) is 11.2 Å². The first-order chi connectivity index (χ1) is 8.13. The van der Waals surface area contributed by atoms with E-state index in [4.69, 9.17) is 5.73 Å². The maximum Gasteiger partial charge on any atom is 0.224 e. The molecule has 0 spiro atoms. The van der Waals surface area contributed by atoms with Crippen LogP contribution in [0.2, 0.25) is 0 Å². The standard InChI is InChI=1S/C13H18N2O2/c14-11-4-10(5-11)8-15-13(17)7-9-2-1-3-12(16)6-9/h1-3,6,10-11,16H,4-5,7-8,14H2,(H,15,17). The molecule has 1 saturated carbocycles. The van der Waals surface area contributed by atoms with Crippen LogP contribution in [0.4, 0.5) is 0 Å². The first-order valence-corrected chi connectivity index (χ1v) is 5.93. The van der Waals surface area contributed by atoms with Crippen molar-refractivity contribution >= 4 is 5.91 Å². The molecule has 1 aromatic carbocycles. The molecule has 0 aliphatic heterocycles. The van der Waals surface area contributed by atoms with Crippen LogP contribution in [0.15, 0.2) is 24.3 Å². The molecule has 1 aliphatic rings. The first kappa shape index (κ1) is 11.9. The molecule has 4 nitrogen and oxygen atoms in total. The van der Waals surface area contributed by atoms with Gasteiger partial charge in [-0.1, -0.05) is 12.1 Å². The number of benzene rings is 1. The minimum absolute atomic E-state index is 0.00364. The molecule has 0 bridgehead atoms. The zero-order valence-electron chi connectivity index (χ0n) is 9.73. The Bertz CT molecular complexity index is 400. The van der Waals surface area contributed by atoms with Gasteiger partial charge in [0, 0.05) is 12.6 Å². The van der Waals surface area contributed by atoms with E-state index in [-0.39, 0.29) is 11.7 Å². The van der Waals surface area contributed by atoms with Crippen molar-refractivity contribution in [2.24, 2.45) is 11.7 Å². The highest BCUT2D eigenvalue weighted by Gasteiger charge is 2.25. The van der Waals surface area contributed by atoms with E-state index >= 15 is 0 Å². The summed E-state index contributed by atoms with van der Waals surface area (Å²) in [6.07, 6.45) is 2.33. The lowest BCUT2D eigenvalue weighted by molar-refractivity contribution is -0.120. The molecule has 92 valence electrons. The summed E-state index contributed by atoms with van der Waals surface area (Å²) in [7, 11) is 0. The largest absolute Gasteiger partial charge is 0.508 e. The predicted molar refractivity (Wildman–Crippen MR) is 65.5 cm³/mol. The molecule has 0 aromatic heterocycles. The smallest absolute Gasteiger partial charge is 0.224 e. The zero-order chi connectivity index (χ0) is 12.3. The van der Waals surface area contributed by atoms with E-state index in [9.17, 15) is 9.90 Å². The summed E-state index contributed by atoms with van der Waals surface area (Å²) < 4.78 is 0. The molecular weight excluding hydrogens is 216 g/mol. The van der Waals surface area contributed by atoms with Gasteiger partial charge in [0.2, 0.25) is 5.91 Å². The van der Waals surface area contributed by atoms with Crippen LogP contribution in [0.1, 0.15) is 18.4 Å². The van der Waals surface area contributed by atoms with E-state index in [1.165, 1.54) is 0 Å².